The number of hydrogen-bond donors (Lipinski definition) is 4. The molecule has 0 saturated carbocycles. The Morgan fingerprint density at radius 2 is 2.07 bits per heavy atom. The molecule has 4 unspecified atom stereocenters. The molecular weight excluding hydrogens is 350 g/mol. The standard InChI is InChI=1S/C21H29N7/c22-16-4-2-8-28(13-16)20-6-5-15(11-25-20)21-17-9-18(14-3-1-7-23-10-14)24-12-19(17)26-27-21/h1,3,5-7,10-11,16-19,21,24,26-27H,2,4,8-9,12-13,22H2/t16-,17?,18?,19?,21?/m1/s1. The SMILES string of the molecule is N[C@@H]1CCCN(c2ccc(C3NNC4CNC(c5cccnc5)CC43)cn2)C1. The highest BCUT2D eigenvalue weighted by Gasteiger charge is 2.41. The van der Waals surface area contributed by atoms with Gasteiger partial charge in [0.1, 0.15) is 5.82 Å². The van der Waals surface area contributed by atoms with Gasteiger partial charge in [0, 0.05) is 56.4 Å². The highest BCUT2D eigenvalue weighted by atomic mass is 15.4. The fraction of sp³-hybridized carbons (Fsp3) is 0.524. The average molecular weight is 380 g/mol. The van der Waals surface area contributed by atoms with Crippen molar-refractivity contribution in [2.75, 3.05) is 24.5 Å². The predicted molar refractivity (Wildman–Crippen MR) is 110 cm³/mol. The molecule has 3 aliphatic heterocycles. The van der Waals surface area contributed by atoms with E-state index in [2.05, 4.69) is 44.3 Å². The number of pyridine rings is 2. The maximum atomic E-state index is 6.13. The quantitative estimate of drug-likeness (QED) is 0.638. The Morgan fingerprint density at radius 3 is 2.86 bits per heavy atom. The van der Waals surface area contributed by atoms with Crippen LogP contribution in [0.5, 0.6) is 0 Å². The first kappa shape index (κ1) is 18.0. The molecule has 3 fully saturated rings. The highest BCUT2D eigenvalue weighted by Crippen LogP contribution is 2.38. The van der Waals surface area contributed by atoms with Gasteiger partial charge >= 0.3 is 0 Å². The number of nitrogens with two attached hydrogens (primary N) is 1. The summed E-state index contributed by atoms with van der Waals surface area (Å²) < 4.78 is 0. The summed E-state index contributed by atoms with van der Waals surface area (Å²) in [5.41, 5.74) is 15.6. The third-order valence-electron chi connectivity index (χ3n) is 6.46. The second-order valence-corrected chi connectivity index (χ2v) is 8.32. The zero-order valence-electron chi connectivity index (χ0n) is 16.1. The Bertz CT molecular complexity index is 781. The maximum Gasteiger partial charge on any atom is 0.128 e. The van der Waals surface area contributed by atoms with Crippen molar-refractivity contribution in [3.63, 3.8) is 0 Å². The number of hydrogen-bond acceptors (Lipinski definition) is 7. The van der Waals surface area contributed by atoms with Crippen LogP contribution < -0.4 is 26.8 Å². The molecule has 5 heterocycles. The fourth-order valence-corrected chi connectivity index (χ4v) is 4.92. The first-order valence-corrected chi connectivity index (χ1v) is 10.4. The van der Waals surface area contributed by atoms with Crippen LogP contribution in [0.3, 0.4) is 0 Å². The van der Waals surface area contributed by atoms with E-state index in [1.165, 1.54) is 11.1 Å². The number of nitrogens with one attached hydrogen (secondary N) is 3. The van der Waals surface area contributed by atoms with Crippen LogP contribution in [0, 0.1) is 5.92 Å². The fourth-order valence-electron chi connectivity index (χ4n) is 4.92. The third kappa shape index (κ3) is 3.51. The molecule has 0 radical (unpaired) electrons. The lowest BCUT2D eigenvalue weighted by atomic mass is 9.81. The van der Waals surface area contributed by atoms with Crippen molar-refractivity contribution in [1.82, 2.24) is 26.1 Å². The molecule has 2 aromatic rings. The van der Waals surface area contributed by atoms with Gasteiger partial charge in [0.15, 0.2) is 0 Å². The normalized spacial score (nSPS) is 32.9. The molecule has 5 atom stereocenters. The summed E-state index contributed by atoms with van der Waals surface area (Å²) in [4.78, 5) is 11.4. The van der Waals surface area contributed by atoms with Crippen LogP contribution in [-0.2, 0) is 0 Å². The van der Waals surface area contributed by atoms with E-state index in [0.717, 1.165) is 44.7 Å². The minimum atomic E-state index is 0.260. The Hall–Kier alpha value is -2.06. The van der Waals surface area contributed by atoms with Crippen molar-refractivity contribution in [3.05, 3.63) is 54.0 Å². The Kier molecular flexibility index (Phi) is 4.98. The number of aromatic nitrogens is 2. The van der Waals surface area contributed by atoms with Crippen LogP contribution in [0.25, 0.3) is 0 Å². The van der Waals surface area contributed by atoms with Gasteiger partial charge < -0.3 is 16.0 Å². The summed E-state index contributed by atoms with van der Waals surface area (Å²) in [6.45, 7) is 2.90. The number of nitrogens with zero attached hydrogens (tertiary/aromatic N) is 3. The number of fused-ring (bicyclic) bond motifs is 1. The second kappa shape index (κ2) is 7.75. The molecule has 0 bridgehead atoms. The summed E-state index contributed by atoms with van der Waals surface area (Å²) in [5.74, 6) is 1.56. The van der Waals surface area contributed by atoms with Crippen molar-refractivity contribution in [2.24, 2.45) is 11.7 Å². The number of anilines is 1. The molecule has 0 amide bonds. The van der Waals surface area contributed by atoms with E-state index >= 15 is 0 Å². The second-order valence-electron chi connectivity index (χ2n) is 8.32. The van der Waals surface area contributed by atoms with Gasteiger partial charge in [-0.05, 0) is 48.4 Å². The first-order chi connectivity index (χ1) is 13.8. The van der Waals surface area contributed by atoms with Crippen LogP contribution in [0.4, 0.5) is 5.82 Å². The third-order valence-corrected chi connectivity index (χ3v) is 6.46. The van der Waals surface area contributed by atoms with Crippen molar-refractivity contribution < 1.29 is 0 Å². The lowest BCUT2D eigenvalue weighted by Gasteiger charge is -2.34. The van der Waals surface area contributed by atoms with E-state index in [4.69, 9.17) is 10.7 Å². The largest absolute Gasteiger partial charge is 0.355 e. The van der Waals surface area contributed by atoms with Crippen molar-refractivity contribution in [3.8, 4) is 0 Å². The summed E-state index contributed by atoms with van der Waals surface area (Å²) in [6.07, 6.45) is 9.18. The molecule has 7 nitrogen and oxygen atoms in total. The molecule has 148 valence electrons. The molecular formula is C21H29N7. The summed E-state index contributed by atoms with van der Waals surface area (Å²) in [7, 11) is 0. The van der Waals surface area contributed by atoms with E-state index < -0.39 is 0 Å². The monoisotopic (exact) mass is 379 g/mol. The van der Waals surface area contributed by atoms with Gasteiger partial charge in [-0.25, -0.2) is 10.4 Å². The van der Waals surface area contributed by atoms with Gasteiger partial charge in [-0.2, -0.15) is 0 Å². The summed E-state index contributed by atoms with van der Waals surface area (Å²) in [5, 5.41) is 3.66. The summed E-state index contributed by atoms with van der Waals surface area (Å²) in [6, 6.07) is 9.87. The summed E-state index contributed by atoms with van der Waals surface area (Å²) >= 11 is 0. The molecule has 2 aromatic heterocycles. The maximum absolute atomic E-state index is 6.13. The lowest BCUT2D eigenvalue weighted by Crippen LogP contribution is -2.46. The van der Waals surface area contributed by atoms with Crippen LogP contribution in [0.1, 0.15) is 42.5 Å². The van der Waals surface area contributed by atoms with Gasteiger partial charge in [-0.3, -0.25) is 10.4 Å². The van der Waals surface area contributed by atoms with Gasteiger partial charge in [0.2, 0.25) is 0 Å². The Morgan fingerprint density at radius 1 is 1.11 bits per heavy atom. The van der Waals surface area contributed by atoms with Crippen LogP contribution >= 0.6 is 0 Å². The van der Waals surface area contributed by atoms with E-state index in [9.17, 15) is 0 Å². The van der Waals surface area contributed by atoms with Crippen LogP contribution in [0.15, 0.2) is 42.9 Å². The molecule has 5 N–H and O–H groups in total. The molecule has 3 aliphatic rings. The van der Waals surface area contributed by atoms with Gasteiger partial charge in [-0.15, -0.1) is 0 Å². The minimum Gasteiger partial charge on any atom is -0.355 e. The molecule has 3 saturated heterocycles. The smallest absolute Gasteiger partial charge is 0.128 e. The van der Waals surface area contributed by atoms with Crippen molar-refractivity contribution >= 4 is 5.82 Å². The van der Waals surface area contributed by atoms with Gasteiger partial charge in [0.05, 0.1) is 6.04 Å². The molecule has 7 heteroatoms. The molecule has 5 rings (SSSR count). The zero-order chi connectivity index (χ0) is 18.9. The molecule has 0 aliphatic carbocycles. The average Bonchev–Trinajstić information content (AvgIpc) is 3.18. The number of rotatable bonds is 3. The van der Waals surface area contributed by atoms with Gasteiger partial charge in [0.25, 0.3) is 0 Å². The molecule has 0 aromatic carbocycles. The van der Waals surface area contributed by atoms with E-state index in [0.29, 0.717) is 18.0 Å². The van der Waals surface area contributed by atoms with Crippen LogP contribution in [0.2, 0.25) is 0 Å². The zero-order valence-corrected chi connectivity index (χ0v) is 16.1. The Balaban J connectivity index is 1.30. The van der Waals surface area contributed by atoms with E-state index in [1.807, 2.05) is 24.7 Å². The van der Waals surface area contributed by atoms with E-state index in [-0.39, 0.29) is 12.1 Å². The minimum absolute atomic E-state index is 0.260. The van der Waals surface area contributed by atoms with E-state index in [1.54, 1.807) is 0 Å². The lowest BCUT2D eigenvalue weighted by molar-refractivity contribution is 0.266. The van der Waals surface area contributed by atoms with Crippen LogP contribution in [-0.4, -0.2) is 41.7 Å². The van der Waals surface area contributed by atoms with Crippen molar-refractivity contribution in [2.45, 2.75) is 43.4 Å². The highest BCUT2D eigenvalue weighted by molar-refractivity contribution is 5.41. The molecule has 0 spiro atoms. The van der Waals surface area contributed by atoms with Crippen molar-refractivity contribution in [1.29, 1.82) is 0 Å². The predicted octanol–water partition coefficient (Wildman–Crippen LogP) is 1.27. The Labute approximate surface area is 166 Å². The first-order valence-electron chi connectivity index (χ1n) is 10.4. The number of hydrazine groups is 1. The van der Waals surface area contributed by atoms with Gasteiger partial charge in [-0.1, -0.05) is 12.1 Å². The molecule has 28 heavy (non-hydrogen) atoms. The topological polar surface area (TPSA) is 91.1 Å². The number of piperidine rings is 2.